The van der Waals surface area contributed by atoms with Crippen LogP contribution in [0.5, 0.6) is 0 Å². The highest BCUT2D eigenvalue weighted by Crippen LogP contribution is 2.18. The van der Waals surface area contributed by atoms with Crippen LogP contribution in [0.3, 0.4) is 0 Å². The van der Waals surface area contributed by atoms with E-state index in [1.165, 1.54) is 5.56 Å². The Morgan fingerprint density at radius 2 is 1.68 bits per heavy atom. The number of aliphatic hydroxyl groups excluding tert-OH is 1. The first-order valence-electron chi connectivity index (χ1n) is 7.01. The molecule has 2 N–H and O–H groups in total. The normalized spacial score (nSPS) is 14.2. The van der Waals surface area contributed by atoms with Crippen molar-refractivity contribution >= 4 is 5.91 Å². The average Bonchev–Trinajstić information content (AvgIpc) is 2.43. The van der Waals surface area contributed by atoms with Crippen molar-refractivity contribution in [2.75, 3.05) is 6.54 Å². The number of carbonyl (C=O) groups excluding carboxylic acids is 1. The van der Waals surface area contributed by atoms with E-state index in [4.69, 9.17) is 0 Å². The summed E-state index contributed by atoms with van der Waals surface area (Å²) in [5.41, 5.74) is 2.09. The summed E-state index contributed by atoms with van der Waals surface area (Å²) in [6.45, 7) is 8.41. The third kappa shape index (κ3) is 4.67. The highest BCUT2D eigenvalue weighted by molar-refractivity contribution is 5.78. The number of rotatable bonds is 6. The summed E-state index contributed by atoms with van der Waals surface area (Å²) in [5, 5.41) is 12.8. The minimum absolute atomic E-state index is 0.000325. The van der Waals surface area contributed by atoms with E-state index < -0.39 is 6.10 Å². The largest absolute Gasteiger partial charge is 0.387 e. The Bertz CT molecular complexity index is 398. The fourth-order valence-corrected chi connectivity index (χ4v) is 1.78. The van der Waals surface area contributed by atoms with E-state index in [9.17, 15) is 9.90 Å². The van der Waals surface area contributed by atoms with E-state index in [-0.39, 0.29) is 18.4 Å². The first-order chi connectivity index (χ1) is 8.95. The zero-order chi connectivity index (χ0) is 14.4. The van der Waals surface area contributed by atoms with E-state index in [0.29, 0.717) is 5.92 Å². The van der Waals surface area contributed by atoms with E-state index >= 15 is 0 Å². The lowest BCUT2D eigenvalue weighted by Gasteiger charge is -2.15. The third-order valence-corrected chi connectivity index (χ3v) is 3.52. The number of hydrogen-bond acceptors (Lipinski definition) is 2. The Hall–Kier alpha value is -1.35. The smallest absolute Gasteiger partial charge is 0.222 e. The number of carbonyl (C=O) groups is 1. The molecule has 0 aliphatic rings. The summed E-state index contributed by atoms with van der Waals surface area (Å²) in [6.07, 6.45) is 0.166. The lowest BCUT2D eigenvalue weighted by atomic mass is 10.00. The first kappa shape index (κ1) is 15.7. The summed E-state index contributed by atoms with van der Waals surface area (Å²) in [5.74, 6) is 0.479. The van der Waals surface area contributed by atoms with Crippen molar-refractivity contribution in [1.29, 1.82) is 0 Å². The number of benzene rings is 1. The molecule has 0 saturated heterocycles. The first-order valence-corrected chi connectivity index (χ1v) is 7.01. The summed E-state index contributed by atoms with van der Waals surface area (Å²) in [4.78, 5) is 11.6. The quantitative estimate of drug-likeness (QED) is 0.829. The van der Waals surface area contributed by atoms with Crippen molar-refractivity contribution in [1.82, 2.24) is 5.32 Å². The number of hydrogen-bond donors (Lipinski definition) is 2. The van der Waals surface area contributed by atoms with E-state index in [2.05, 4.69) is 19.2 Å². The zero-order valence-corrected chi connectivity index (χ0v) is 12.3. The van der Waals surface area contributed by atoms with E-state index in [0.717, 1.165) is 12.0 Å². The second-order valence-corrected chi connectivity index (χ2v) is 5.39. The average molecular weight is 263 g/mol. The molecule has 1 amide bonds. The lowest BCUT2D eigenvalue weighted by Crippen LogP contribution is -2.32. The van der Waals surface area contributed by atoms with Gasteiger partial charge >= 0.3 is 0 Å². The maximum Gasteiger partial charge on any atom is 0.222 e. The molecule has 0 heterocycles. The van der Waals surface area contributed by atoms with Crippen LogP contribution in [-0.4, -0.2) is 17.6 Å². The van der Waals surface area contributed by atoms with Gasteiger partial charge in [0.2, 0.25) is 5.91 Å². The second-order valence-electron chi connectivity index (χ2n) is 5.39. The van der Waals surface area contributed by atoms with E-state index in [1.54, 1.807) is 0 Å². The molecule has 3 nitrogen and oxygen atoms in total. The molecule has 2 unspecified atom stereocenters. The maximum atomic E-state index is 11.6. The third-order valence-electron chi connectivity index (χ3n) is 3.52. The Morgan fingerprint density at radius 1 is 1.16 bits per heavy atom. The van der Waals surface area contributed by atoms with Gasteiger partial charge in [0.15, 0.2) is 0 Å². The van der Waals surface area contributed by atoms with Crippen LogP contribution in [0.4, 0.5) is 0 Å². The Morgan fingerprint density at radius 3 is 2.16 bits per heavy atom. The Kier molecular flexibility index (Phi) is 6.03. The van der Waals surface area contributed by atoms with Gasteiger partial charge in [-0.2, -0.15) is 0 Å². The van der Waals surface area contributed by atoms with Crippen LogP contribution in [0.1, 0.15) is 57.3 Å². The van der Waals surface area contributed by atoms with Gasteiger partial charge in [-0.25, -0.2) is 0 Å². The summed E-state index contributed by atoms with van der Waals surface area (Å²) < 4.78 is 0. The molecule has 1 aromatic carbocycles. The van der Waals surface area contributed by atoms with Crippen molar-refractivity contribution < 1.29 is 9.90 Å². The molecule has 0 radical (unpaired) electrons. The van der Waals surface area contributed by atoms with Crippen LogP contribution >= 0.6 is 0 Å². The van der Waals surface area contributed by atoms with Crippen molar-refractivity contribution in [3.8, 4) is 0 Å². The summed E-state index contributed by atoms with van der Waals surface area (Å²) >= 11 is 0. The minimum Gasteiger partial charge on any atom is -0.387 e. The molecular weight excluding hydrogens is 238 g/mol. The molecule has 1 aromatic rings. The standard InChI is InChI=1S/C16H25NO2/c1-5-12(4)16(19)17-10-15(18)14-8-6-13(7-9-14)11(2)3/h6-9,11-12,15,18H,5,10H2,1-4H3,(H,17,19). The minimum atomic E-state index is -0.644. The van der Waals surface area contributed by atoms with Gasteiger partial charge in [-0.1, -0.05) is 52.0 Å². The van der Waals surface area contributed by atoms with Crippen molar-refractivity contribution in [2.45, 2.75) is 46.1 Å². The van der Waals surface area contributed by atoms with Crippen LogP contribution in [0, 0.1) is 5.92 Å². The predicted octanol–water partition coefficient (Wildman–Crippen LogP) is 3.01. The highest BCUT2D eigenvalue weighted by Gasteiger charge is 2.13. The van der Waals surface area contributed by atoms with Crippen LogP contribution in [0.25, 0.3) is 0 Å². The fourth-order valence-electron chi connectivity index (χ4n) is 1.78. The number of aliphatic hydroxyl groups is 1. The molecule has 0 saturated carbocycles. The molecule has 1 rings (SSSR count). The fraction of sp³-hybridized carbons (Fsp3) is 0.562. The molecule has 106 valence electrons. The van der Waals surface area contributed by atoms with E-state index in [1.807, 2.05) is 38.1 Å². The molecular formula is C16H25NO2. The van der Waals surface area contributed by atoms with Crippen molar-refractivity contribution in [3.05, 3.63) is 35.4 Å². The van der Waals surface area contributed by atoms with Crippen LogP contribution in [0.2, 0.25) is 0 Å². The monoisotopic (exact) mass is 263 g/mol. The van der Waals surface area contributed by atoms with Gasteiger partial charge in [0, 0.05) is 12.5 Å². The molecule has 2 atom stereocenters. The topological polar surface area (TPSA) is 49.3 Å². The zero-order valence-electron chi connectivity index (χ0n) is 12.3. The molecule has 0 spiro atoms. The molecule has 19 heavy (non-hydrogen) atoms. The molecule has 0 aliphatic heterocycles. The summed E-state index contributed by atoms with van der Waals surface area (Å²) in [6, 6.07) is 7.91. The predicted molar refractivity (Wildman–Crippen MR) is 78.0 cm³/mol. The van der Waals surface area contributed by atoms with Crippen LogP contribution in [-0.2, 0) is 4.79 Å². The van der Waals surface area contributed by atoms with Gasteiger partial charge < -0.3 is 10.4 Å². The van der Waals surface area contributed by atoms with Gasteiger partial charge in [-0.3, -0.25) is 4.79 Å². The second kappa shape index (κ2) is 7.29. The maximum absolute atomic E-state index is 11.6. The highest BCUT2D eigenvalue weighted by atomic mass is 16.3. The number of nitrogens with one attached hydrogen (secondary N) is 1. The SMILES string of the molecule is CCC(C)C(=O)NCC(O)c1ccc(C(C)C)cc1. The van der Waals surface area contributed by atoms with Gasteiger partial charge in [0.1, 0.15) is 0 Å². The molecule has 0 bridgehead atoms. The lowest BCUT2D eigenvalue weighted by molar-refractivity contribution is -0.125. The molecule has 3 heteroatoms. The van der Waals surface area contributed by atoms with Gasteiger partial charge in [-0.15, -0.1) is 0 Å². The Balaban J connectivity index is 2.54. The van der Waals surface area contributed by atoms with Crippen LogP contribution in [0.15, 0.2) is 24.3 Å². The Labute approximate surface area is 116 Å². The van der Waals surface area contributed by atoms with Crippen molar-refractivity contribution in [3.63, 3.8) is 0 Å². The summed E-state index contributed by atoms with van der Waals surface area (Å²) in [7, 11) is 0. The van der Waals surface area contributed by atoms with Gasteiger partial charge in [0.05, 0.1) is 6.10 Å². The van der Waals surface area contributed by atoms with Crippen LogP contribution < -0.4 is 5.32 Å². The molecule has 0 aromatic heterocycles. The molecule has 0 aliphatic carbocycles. The van der Waals surface area contributed by atoms with Gasteiger partial charge in [-0.05, 0) is 23.5 Å². The molecule has 0 fully saturated rings. The van der Waals surface area contributed by atoms with Crippen molar-refractivity contribution in [2.24, 2.45) is 5.92 Å². The van der Waals surface area contributed by atoms with Gasteiger partial charge in [0.25, 0.3) is 0 Å². The number of amides is 1.